The van der Waals surface area contributed by atoms with Crippen molar-refractivity contribution in [3.05, 3.63) is 89.0 Å². The summed E-state index contributed by atoms with van der Waals surface area (Å²) in [5.41, 5.74) is 5.43. The van der Waals surface area contributed by atoms with E-state index in [9.17, 15) is 4.79 Å². The second-order valence-corrected chi connectivity index (χ2v) is 8.32. The number of rotatable bonds is 6. The van der Waals surface area contributed by atoms with E-state index < -0.39 is 0 Å². The first-order chi connectivity index (χ1) is 15.5. The zero-order valence-corrected chi connectivity index (χ0v) is 18.8. The molecule has 1 saturated heterocycles. The number of ether oxygens (including phenoxy) is 1. The standard InChI is InChI=1S/C26H30N4O2/c1-20-5-3-7-23(27-20)12-9-22-10-13-25(14-11-22)32-26(31)30-17-15-29(16-18-30)19-24-8-4-6-21(2)28-24/h3-8,10-11,13-14H,9,12,15-19H2,1-2H3. The normalized spacial score (nSPS) is 14.4. The Morgan fingerprint density at radius 1 is 0.812 bits per heavy atom. The number of aryl methyl sites for hydroxylation is 4. The largest absolute Gasteiger partial charge is 0.415 e. The van der Waals surface area contributed by atoms with Crippen molar-refractivity contribution < 1.29 is 9.53 Å². The van der Waals surface area contributed by atoms with Crippen LogP contribution in [0.5, 0.6) is 5.75 Å². The van der Waals surface area contributed by atoms with Crippen molar-refractivity contribution in [1.82, 2.24) is 19.8 Å². The molecule has 1 aliphatic rings. The molecule has 0 N–H and O–H groups in total. The van der Waals surface area contributed by atoms with Crippen molar-refractivity contribution in [2.24, 2.45) is 0 Å². The fourth-order valence-electron chi connectivity index (χ4n) is 3.91. The van der Waals surface area contributed by atoms with Crippen LogP contribution in [0.4, 0.5) is 4.79 Å². The molecule has 6 nitrogen and oxygen atoms in total. The Kier molecular flexibility index (Phi) is 7.12. The molecule has 6 heteroatoms. The quantitative estimate of drug-likeness (QED) is 0.587. The number of carbonyl (C=O) groups excluding carboxylic acids is 1. The monoisotopic (exact) mass is 430 g/mol. The van der Waals surface area contributed by atoms with Gasteiger partial charge in [-0.2, -0.15) is 0 Å². The van der Waals surface area contributed by atoms with Gasteiger partial charge in [-0.3, -0.25) is 14.9 Å². The van der Waals surface area contributed by atoms with Crippen LogP contribution in [0.2, 0.25) is 0 Å². The average Bonchev–Trinajstić information content (AvgIpc) is 2.79. The van der Waals surface area contributed by atoms with E-state index in [-0.39, 0.29) is 6.09 Å². The van der Waals surface area contributed by atoms with E-state index in [4.69, 9.17) is 4.74 Å². The van der Waals surface area contributed by atoms with Gasteiger partial charge in [0.2, 0.25) is 0 Å². The average molecular weight is 431 g/mol. The molecule has 32 heavy (non-hydrogen) atoms. The smallest absolute Gasteiger partial charge is 0.410 e. The van der Waals surface area contributed by atoms with Crippen molar-refractivity contribution in [3.8, 4) is 5.75 Å². The lowest BCUT2D eigenvalue weighted by Crippen LogP contribution is -2.49. The number of aromatic nitrogens is 2. The van der Waals surface area contributed by atoms with Crippen LogP contribution in [0, 0.1) is 13.8 Å². The minimum Gasteiger partial charge on any atom is -0.410 e. The number of benzene rings is 1. The predicted molar refractivity (Wildman–Crippen MR) is 125 cm³/mol. The Morgan fingerprint density at radius 3 is 2.09 bits per heavy atom. The lowest BCUT2D eigenvalue weighted by Gasteiger charge is -2.33. The Labute approximate surface area is 189 Å². The minimum absolute atomic E-state index is 0.282. The third-order valence-electron chi connectivity index (χ3n) is 5.71. The van der Waals surface area contributed by atoms with Gasteiger partial charge in [0, 0.05) is 49.8 Å². The first-order valence-corrected chi connectivity index (χ1v) is 11.2. The van der Waals surface area contributed by atoms with Gasteiger partial charge >= 0.3 is 6.09 Å². The molecule has 0 aliphatic carbocycles. The summed E-state index contributed by atoms with van der Waals surface area (Å²) in [5.74, 6) is 0.582. The molecule has 1 aromatic carbocycles. The number of nitrogens with zero attached hydrogens (tertiary/aromatic N) is 4. The number of pyridine rings is 2. The predicted octanol–water partition coefficient (Wildman–Crippen LogP) is 4.20. The molecule has 0 atom stereocenters. The second kappa shape index (κ2) is 10.4. The van der Waals surface area contributed by atoms with Crippen LogP contribution >= 0.6 is 0 Å². The summed E-state index contributed by atoms with van der Waals surface area (Å²) < 4.78 is 5.60. The molecule has 3 heterocycles. The molecule has 3 aromatic rings. The number of hydrogen-bond acceptors (Lipinski definition) is 5. The highest BCUT2D eigenvalue weighted by Crippen LogP contribution is 2.16. The molecule has 0 spiro atoms. The summed E-state index contributed by atoms with van der Waals surface area (Å²) in [6.07, 6.45) is 1.51. The Balaban J connectivity index is 1.22. The molecule has 0 bridgehead atoms. The van der Waals surface area contributed by atoms with Crippen LogP contribution in [0.3, 0.4) is 0 Å². The van der Waals surface area contributed by atoms with Crippen LogP contribution in [0.1, 0.15) is 28.3 Å². The third-order valence-corrected chi connectivity index (χ3v) is 5.71. The van der Waals surface area contributed by atoms with Crippen LogP contribution in [0.15, 0.2) is 60.7 Å². The molecule has 0 saturated carbocycles. The molecular weight excluding hydrogens is 400 g/mol. The van der Waals surface area contributed by atoms with Crippen molar-refractivity contribution in [3.63, 3.8) is 0 Å². The minimum atomic E-state index is -0.282. The molecular formula is C26H30N4O2. The van der Waals surface area contributed by atoms with E-state index in [0.717, 1.165) is 55.3 Å². The Morgan fingerprint density at radius 2 is 1.44 bits per heavy atom. The van der Waals surface area contributed by atoms with Gasteiger partial charge in [-0.05, 0) is 68.7 Å². The van der Waals surface area contributed by atoms with E-state index in [0.29, 0.717) is 18.8 Å². The highest BCUT2D eigenvalue weighted by atomic mass is 16.6. The highest BCUT2D eigenvalue weighted by Gasteiger charge is 2.23. The van der Waals surface area contributed by atoms with Gasteiger partial charge in [0.05, 0.1) is 5.69 Å². The van der Waals surface area contributed by atoms with Crippen LogP contribution < -0.4 is 4.74 Å². The Hall–Kier alpha value is -3.25. The molecule has 1 aliphatic heterocycles. The summed E-state index contributed by atoms with van der Waals surface area (Å²) >= 11 is 0. The van der Waals surface area contributed by atoms with Gasteiger partial charge in [-0.25, -0.2) is 4.79 Å². The van der Waals surface area contributed by atoms with Gasteiger partial charge in [0.25, 0.3) is 0 Å². The van der Waals surface area contributed by atoms with Gasteiger partial charge < -0.3 is 9.64 Å². The molecule has 0 unspecified atom stereocenters. The number of piperazine rings is 1. The summed E-state index contributed by atoms with van der Waals surface area (Å²) in [6.45, 7) is 7.77. The van der Waals surface area contributed by atoms with Gasteiger partial charge in [0.15, 0.2) is 0 Å². The first-order valence-electron chi connectivity index (χ1n) is 11.2. The summed E-state index contributed by atoms with van der Waals surface area (Å²) in [4.78, 5) is 25.8. The molecule has 2 aromatic heterocycles. The fourth-order valence-corrected chi connectivity index (χ4v) is 3.91. The Bertz CT molecular complexity index is 1040. The van der Waals surface area contributed by atoms with Gasteiger partial charge in [-0.15, -0.1) is 0 Å². The maximum absolute atomic E-state index is 12.6. The fraction of sp³-hybridized carbons (Fsp3) is 0.346. The van der Waals surface area contributed by atoms with Crippen LogP contribution in [-0.4, -0.2) is 52.0 Å². The highest BCUT2D eigenvalue weighted by molar-refractivity contribution is 5.70. The van der Waals surface area contributed by atoms with E-state index in [1.165, 1.54) is 5.56 Å². The first kappa shape index (κ1) is 22.0. The molecule has 166 valence electrons. The number of amides is 1. The van der Waals surface area contributed by atoms with E-state index >= 15 is 0 Å². The third kappa shape index (κ3) is 6.14. The lowest BCUT2D eigenvalue weighted by molar-refractivity contribution is 0.107. The van der Waals surface area contributed by atoms with Crippen molar-refractivity contribution in [2.45, 2.75) is 33.2 Å². The number of hydrogen-bond donors (Lipinski definition) is 0. The lowest BCUT2D eigenvalue weighted by atomic mass is 10.1. The molecule has 0 radical (unpaired) electrons. The van der Waals surface area contributed by atoms with Gasteiger partial charge in [-0.1, -0.05) is 24.3 Å². The van der Waals surface area contributed by atoms with E-state index in [1.807, 2.05) is 62.4 Å². The van der Waals surface area contributed by atoms with E-state index in [2.05, 4.69) is 27.0 Å². The van der Waals surface area contributed by atoms with Crippen molar-refractivity contribution in [1.29, 1.82) is 0 Å². The SMILES string of the molecule is Cc1cccc(CCc2ccc(OC(=O)N3CCN(Cc4cccc(C)n4)CC3)cc2)n1. The number of carbonyl (C=O) groups is 1. The molecule has 1 fully saturated rings. The summed E-state index contributed by atoms with van der Waals surface area (Å²) in [6, 6.07) is 20.0. The van der Waals surface area contributed by atoms with E-state index in [1.54, 1.807) is 4.90 Å². The maximum atomic E-state index is 12.6. The zero-order chi connectivity index (χ0) is 22.3. The van der Waals surface area contributed by atoms with Gasteiger partial charge in [0.1, 0.15) is 5.75 Å². The van der Waals surface area contributed by atoms with Crippen LogP contribution in [0.25, 0.3) is 0 Å². The van der Waals surface area contributed by atoms with Crippen LogP contribution in [-0.2, 0) is 19.4 Å². The molecule has 1 amide bonds. The summed E-state index contributed by atoms with van der Waals surface area (Å²) in [7, 11) is 0. The topological polar surface area (TPSA) is 58.6 Å². The maximum Gasteiger partial charge on any atom is 0.415 e. The van der Waals surface area contributed by atoms with Crippen molar-refractivity contribution >= 4 is 6.09 Å². The summed E-state index contributed by atoms with van der Waals surface area (Å²) in [5, 5.41) is 0. The second-order valence-electron chi connectivity index (χ2n) is 8.32. The molecule has 4 rings (SSSR count). The zero-order valence-electron chi connectivity index (χ0n) is 18.8. The van der Waals surface area contributed by atoms with Crippen molar-refractivity contribution in [2.75, 3.05) is 26.2 Å².